The molecule has 3 nitrogen and oxygen atoms in total. The molecular weight excluding hydrogens is 253 g/mol. The number of hydrogen-bond acceptors (Lipinski definition) is 3. The van der Waals surface area contributed by atoms with E-state index in [9.17, 15) is 18.0 Å². The maximum atomic E-state index is 12.2. The number of nitrogens with zero attached hydrogens (tertiary/aromatic N) is 2. The maximum absolute atomic E-state index is 12.2. The van der Waals surface area contributed by atoms with Gasteiger partial charge in [-0.15, -0.1) is 0 Å². The van der Waals surface area contributed by atoms with Crippen LogP contribution in [0.1, 0.15) is 6.92 Å². The molecule has 0 N–H and O–H groups in total. The van der Waals surface area contributed by atoms with Crippen molar-refractivity contribution in [1.29, 1.82) is 0 Å². The highest BCUT2D eigenvalue weighted by atomic mass is 32.2. The normalized spacial score (nSPS) is 19.5. The van der Waals surface area contributed by atoms with Crippen molar-refractivity contribution in [3.05, 3.63) is 0 Å². The molecule has 0 aromatic rings. The second-order valence-electron chi connectivity index (χ2n) is 4.14. The fourth-order valence-corrected chi connectivity index (χ4v) is 2.56. The minimum Gasteiger partial charge on any atom is -0.340 e. The highest BCUT2D eigenvalue weighted by Gasteiger charge is 2.34. The standard InChI is InChI=1S/C10H17F3N2OS/c1-8(14(2)7-10(11,12)13)9(16)15-3-5-17-6-4-15/h8H,3-7H2,1-2H3. The van der Waals surface area contributed by atoms with Crippen molar-refractivity contribution < 1.29 is 18.0 Å². The van der Waals surface area contributed by atoms with Gasteiger partial charge in [0, 0.05) is 24.6 Å². The van der Waals surface area contributed by atoms with Crippen LogP contribution in [0.5, 0.6) is 0 Å². The highest BCUT2D eigenvalue weighted by Crippen LogP contribution is 2.18. The van der Waals surface area contributed by atoms with E-state index in [0.717, 1.165) is 16.4 Å². The molecule has 1 fully saturated rings. The van der Waals surface area contributed by atoms with E-state index in [1.54, 1.807) is 16.7 Å². The summed E-state index contributed by atoms with van der Waals surface area (Å²) >= 11 is 1.76. The number of likely N-dealkylation sites (N-methyl/N-ethyl adjacent to an activating group) is 1. The molecule has 17 heavy (non-hydrogen) atoms. The van der Waals surface area contributed by atoms with Gasteiger partial charge < -0.3 is 4.90 Å². The Morgan fingerprint density at radius 3 is 2.41 bits per heavy atom. The van der Waals surface area contributed by atoms with Gasteiger partial charge >= 0.3 is 6.18 Å². The van der Waals surface area contributed by atoms with Gasteiger partial charge in [-0.1, -0.05) is 0 Å². The van der Waals surface area contributed by atoms with E-state index in [1.807, 2.05) is 0 Å². The summed E-state index contributed by atoms with van der Waals surface area (Å²) in [6.45, 7) is 1.74. The lowest BCUT2D eigenvalue weighted by Crippen LogP contribution is -2.50. The van der Waals surface area contributed by atoms with Crippen LogP contribution >= 0.6 is 11.8 Å². The molecule has 0 bridgehead atoms. The van der Waals surface area contributed by atoms with Crippen LogP contribution in [0, 0.1) is 0 Å². The first-order chi connectivity index (χ1) is 7.81. The summed E-state index contributed by atoms with van der Waals surface area (Å²) in [5, 5.41) is 0. The summed E-state index contributed by atoms with van der Waals surface area (Å²) in [6.07, 6.45) is -4.26. The molecule has 0 aromatic heterocycles. The summed E-state index contributed by atoms with van der Waals surface area (Å²) in [5.41, 5.74) is 0. The van der Waals surface area contributed by atoms with E-state index in [4.69, 9.17) is 0 Å². The first-order valence-corrected chi connectivity index (χ1v) is 6.60. The van der Waals surface area contributed by atoms with E-state index in [2.05, 4.69) is 0 Å². The molecular formula is C10H17F3N2OS. The van der Waals surface area contributed by atoms with Crippen molar-refractivity contribution in [1.82, 2.24) is 9.80 Å². The molecule has 0 saturated carbocycles. The zero-order chi connectivity index (χ0) is 13.1. The van der Waals surface area contributed by atoms with Crippen LogP contribution in [0.2, 0.25) is 0 Å². The minimum atomic E-state index is -4.26. The fourth-order valence-electron chi connectivity index (χ4n) is 1.66. The van der Waals surface area contributed by atoms with Gasteiger partial charge in [-0.25, -0.2) is 0 Å². The van der Waals surface area contributed by atoms with Crippen molar-refractivity contribution >= 4 is 17.7 Å². The third-order valence-corrected chi connectivity index (χ3v) is 3.71. The third-order valence-electron chi connectivity index (χ3n) is 2.77. The monoisotopic (exact) mass is 270 g/mol. The maximum Gasteiger partial charge on any atom is 0.401 e. The Morgan fingerprint density at radius 1 is 1.41 bits per heavy atom. The minimum absolute atomic E-state index is 0.211. The molecule has 100 valence electrons. The quantitative estimate of drug-likeness (QED) is 0.775. The third kappa shape index (κ3) is 4.75. The number of hydrogen-bond donors (Lipinski definition) is 0. The number of carbonyl (C=O) groups is 1. The molecule has 0 aliphatic carbocycles. The van der Waals surface area contributed by atoms with E-state index >= 15 is 0 Å². The largest absolute Gasteiger partial charge is 0.401 e. The van der Waals surface area contributed by atoms with E-state index < -0.39 is 18.8 Å². The molecule has 1 unspecified atom stereocenters. The summed E-state index contributed by atoms with van der Waals surface area (Å²) in [7, 11) is 1.33. The van der Waals surface area contributed by atoms with E-state index in [-0.39, 0.29) is 5.91 Å². The van der Waals surface area contributed by atoms with Gasteiger partial charge in [0.2, 0.25) is 5.91 Å². The molecule has 7 heteroatoms. The van der Waals surface area contributed by atoms with Gasteiger partial charge in [0.05, 0.1) is 12.6 Å². The first kappa shape index (κ1) is 14.6. The lowest BCUT2D eigenvalue weighted by molar-refractivity contribution is -0.154. The van der Waals surface area contributed by atoms with Crippen molar-refractivity contribution in [3.8, 4) is 0 Å². The Kier molecular flexibility index (Phi) is 5.12. The van der Waals surface area contributed by atoms with Crippen molar-refractivity contribution in [2.45, 2.75) is 19.1 Å². The van der Waals surface area contributed by atoms with Crippen molar-refractivity contribution in [2.75, 3.05) is 38.2 Å². The summed E-state index contributed by atoms with van der Waals surface area (Å²) in [4.78, 5) is 14.6. The van der Waals surface area contributed by atoms with Crippen LogP contribution in [0.3, 0.4) is 0 Å². The first-order valence-electron chi connectivity index (χ1n) is 5.45. The molecule has 1 aliphatic rings. The molecule has 0 aromatic carbocycles. The summed E-state index contributed by atoms with van der Waals surface area (Å²) in [5.74, 6) is 1.51. The zero-order valence-electron chi connectivity index (χ0n) is 9.96. The molecule has 1 rings (SSSR count). The molecule has 1 heterocycles. The van der Waals surface area contributed by atoms with Crippen LogP contribution in [0.4, 0.5) is 13.2 Å². The topological polar surface area (TPSA) is 23.6 Å². The van der Waals surface area contributed by atoms with Gasteiger partial charge in [0.15, 0.2) is 0 Å². The lowest BCUT2D eigenvalue weighted by Gasteiger charge is -2.32. The Morgan fingerprint density at radius 2 is 1.94 bits per heavy atom. The fraction of sp³-hybridized carbons (Fsp3) is 0.900. The number of amides is 1. The predicted octanol–water partition coefficient (Wildman–Crippen LogP) is 1.44. The van der Waals surface area contributed by atoms with Crippen LogP contribution in [0.15, 0.2) is 0 Å². The smallest absolute Gasteiger partial charge is 0.340 e. The molecule has 0 spiro atoms. The molecule has 0 radical (unpaired) electrons. The van der Waals surface area contributed by atoms with E-state index in [0.29, 0.717) is 13.1 Å². The molecule has 1 atom stereocenters. The number of thioether (sulfide) groups is 1. The number of carbonyl (C=O) groups excluding carboxylic acids is 1. The van der Waals surface area contributed by atoms with Crippen LogP contribution in [0.25, 0.3) is 0 Å². The van der Waals surface area contributed by atoms with Crippen molar-refractivity contribution in [3.63, 3.8) is 0 Å². The molecule has 1 saturated heterocycles. The lowest BCUT2D eigenvalue weighted by atomic mass is 10.2. The number of rotatable bonds is 3. The van der Waals surface area contributed by atoms with Gasteiger partial charge in [-0.2, -0.15) is 24.9 Å². The van der Waals surface area contributed by atoms with Crippen LogP contribution < -0.4 is 0 Å². The average Bonchev–Trinajstić information content (AvgIpc) is 2.26. The van der Waals surface area contributed by atoms with Gasteiger partial charge in [0.1, 0.15) is 0 Å². The zero-order valence-corrected chi connectivity index (χ0v) is 10.8. The Hall–Kier alpha value is -0.430. The van der Waals surface area contributed by atoms with Crippen molar-refractivity contribution in [2.24, 2.45) is 0 Å². The second kappa shape index (κ2) is 5.95. The second-order valence-corrected chi connectivity index (χ2v) is 5.37. The Labute approximate surface area is 103 Å². The molecule has 1 aliphatic heterocycles. The van der Waals surface area contributed by atoms with Crippen LogP contribution in [-0.2, 0) is 4.79 Å². The number of alkyl halides is 3. The number of halogens is 3. The van der Waals surface area contributed by atoms with Gasteiger partial charge in [-0.3, -0.25) is 9.69 Å². The molecule has 1 amide bonds. The Balaban J connectivity index is 2.50. The highest BCUT2D eigenvalue weighted by molar-refractivity contribution is 7.99. The van der Waals surface area contributed by atoms with E-state index in [1.165, 1.54) is 14.0 Å². The van der Waals surface area contributed by atoms with Crippen LogP contribution in [-0.4, -0.2) is 66.1 Å². The average molecular weight is 270 g/mol. The van der Waals surface area contributed by atoms with Gasteiger partial charge in [-0.05, 0) is 14.0 Å². The predicted molar refractivity (Wildman–Crippen MR) is 62.1 cm³/mol. The van der Waals surface area contributed by atoms with Gasteiger partial charge in [0.25, 0.3) is 0 Å². The Bertz CT molecular complexity index is 267. The summed E-state index contributed by atoms with van der Waals surface area (Å²) < 4.78 is 36.6. The summed E-state index contributed by atoms with van der Waals surface area (Å²) in [6, 6.07) is -0.722. The SMILES string of the molecule is CC(C(=O)N1CCSCC1)N(C)CC(F)(F)F.